The highest BCUT2D eigenvalue weighted by Gasteiger charge is 2.55. The van der Waals surface area contributed by atoms with Gasteiger partial charge in [0.25, 0.3) is 0 Å². The van der Waals surface area contributed by atoms with Crippen molar-refractivity contribution in [3.63, 3.8) is 0 Å². The van der Waals surface area contributed by atoms with Crippen molar-refractivity contribution >= 4 is 7.85 Å². The van der Waals surface area contributed by atoms with Crippen molar-refractivity contribution in [3.05, 3.63) is 0 Å². The second-order valence-corrected chi connectivity index (χ2v) is 7.22. The van der Waals surface area contributed by atoms with E-state index in [-0.39, 0.29) is 0 Å². The number of hydrogen-bond donors (Lipinski definition) is 0. The van der Waals surface area contributed by atoms with Crippen LogP contribution in [0.4, 0.5) is 0 Å². The second-order valence-electron chi connectivity index (χ2n) is 7.22. The number of hydrogen-bond acceptors (Lipinski definition) is 0. The topological polar surface area (TPSA) is 0 Å². The molecule has 3 aliphatic rings. The predicted octanol–water partition coefficient (Wildman–Crippen LogP) is 4.21. The van der Waals surface area contributed by atoms with Crippen molar-refractivity contribution in [1.29, 1.82) is 0 Å². The van der Waals surface area contributed by atoms with Crippen LogP contribution in [0.2, 0.25) is 5.82 Å². The molecule has 0 aromatic carbocycles. The third kappa shape index (κ3) is 1.50. The molecule has 0 N–H and O–H groups in total. The molecular weight excluding hydrogens is 191 g/mol. The lowest BCUT2D eigenvalue weighted by molar-refractivity contribution is 0.125. The Hall–Kier alpha value is 0.0649. The third-order valence-electron chi connectivity index (χ3n) is 6.22. The fourth-order valence-corrected chi connectivity index (χ4v) is 5.47. The van der Waals surface area contributed by atoms with E-state index in [2.05, 4.69) is 13.8 Å². The number of rotatable bonds is 0. The van der Waals surface area contributed by atoms with Crippen LogP contribution in [0.5, 0.6) is 0 Å². The van der Waals surface area contributed by atoms with Gasteiger partial charge in [-0.2, -0.15) is 0 Å². The molecule has 0 aliphatic heterocycles. The largest absolute Gasteiger partial charge is 0.0771 e. The summed E-state index contributed by atoms with van der Waals surface area (Å²) in [5.74, 6) is 4.54. The van der Waals surface area contributed by atoms with Gasteiger partial charge in [0.1, 0.15) is 0 Å². The summed E-state index contributed by atoms with van der Waals surface area (Å²) in [5.41, 5.74) is 0.577. The van der Waals surface area contributed by atoms with Crippen LogP contribution < -0.4 is 0 Å². The summed E-state index contributed by atoms with van der Waals surface area (Å²) in [4.78, 5) is 0. The summed E-state index contributed by atoms with van der Waals surface area (Å²) in [6.45, 7) is 5.08. The lowest BCUT2D eigenvalue weighted by Gasteiger charge is -2.39. The first-order valence-electron chi connectivity index (χ1n) is 7.36. The molecule has 88 valence electrons. The molecule has 16 heavy (non-hydrogen) atoms. The summed E-state index contributed by atoms with van der Waals surface area (Å²) in [6, 6.07) is 0. The van der Waals surface area contributed by atoms with E-state index in [4.69, 9.17) is 7.85 Å². The van der Waals surface area contributed by atoms with Crippen LogP contribution in [0, 0.1) is 29.1 Å². The second kappa shape index (κ2) is 3.78. The van der Waals surface area contributed by atoms with Gasteiger partial charge in [-0.1, -0.05) is 51.8 Å². The average molecular weight is 216 g/mol. The molecule has 0 aromatic heterocycles. The van der Waals surface area contributed by atoms with E-state index in [0.29, 0.717) is 11.2 Å². The van der Waals surface area contributed by atoms with Crippen molar-refractivity contribution in [3.8, 4) is 0 Å². The van der Waals surface area contributed by atoms with Gasteiger partial charge >= 0.3 is 0 Å². The van der Waals surface area contributed by atoms with E-state index in [9.17, 15) is 0 Å². The quantitative estimate of drug-likeness (QED) is 0.532. The lowest BCUT2D eigenvalue weighted by Crippen LogP contribution is -2.30. The fourth-order valence-electron chi connectivity index (χ4n) is 5.47. The number of fused-ring (bicyclic) bond motifs is 3. The molecule has 0 aromatic rings. The van der Waals surface area contributed by atoms with Crippen LogP contribution in [0.25, 0.3) is 0 Å². The monoisotopic (exact) mass is 216 g/mol. The summed E-state index contributed by atoms with van der Waals surface area (Å²) >= 11 is 0. The van der Waals surface area contributed by atoms with Gasteiger partial charge in [0.2, 0.25) is 0 Å². The van der Waals surface area contributed by atoms with E-state index in [1.807, 2.05) is 0 Å². The Kier molecular flexibility index (Phi) is 2.64. The Morgan fingerprint density at radius 3 is 2.38 bits per heavy atom. The van der Waals surface area contributed by atoms with Crippen LogP contribution in [-0.4, -0.2) is 7.85 Å². The molecule has 5 unspecified atom stereocenters. The van der Waals surface area contributed by atoms with Crippen molar-refractivity contribution in [2.24, 2.45) is 29.1 Å². The molecular formula is C15H25B. The highest BCUT2D eigenvalue weighted by molar-refractivity contribution is 6.11. The molecule has 0 heterocycles. The van der Waals surface area contributed by atoms with Crippen LogP contribution in [-0.2, 0) is 0 Å². The summed E-state index contributed by atoms with van der Waals surface area (Å²) in [6.07, 6.45) is 10.0. The standard InChI is InChI=1S/C15H25B/c1-15(2)13-6-4-3-5-11(13)12-8-7-10(16)9-14(12)15/h10-14H,3-9H2,1-2H3. The molecule has 0 spiro atoms. The van der Waals surface area contributed by atoms with E-state index < -0.39 is 0 Å². The predicted molar refractivity (Wildman–Crippen MR) is 69.6 cm³/mol. The lowest BCUT2D eigenvalue weighted by atomic mass is 9.62. The molecule has 3 aliphatic carbocycles. The summed E-state index contributed by atoms with van der Waals surface area (Å²) < 4.78 is 0. The van der Waals surface area contributed by atoms with E-state index in [1.165, 1.54) is 44.9 Å². The van der Waals surface area contributed by atoms with Gasteiger partial charge in [-0.15, -0.1) is 0 Å². The molecule has 1 heteroatoms. The highest BCUT2D eigenvalue weighted by Crippen LogP contribution is 2.63. The normalized spacial score (nSPS) is 50.8. The maximum atomic E-state index is 6.20. The molecule has 3 fully saturated rings. The zero-order valence-corrected chi connectivity index (χ0v) is 10.9. The first-order chi connectivity index (χ1) is 7.60. The Bertz CT molecular complexity index is 271. The maximum absolute atomic E-state index is 6.20. The molecule has 0 saturated heterocycles. The van der Waals surface area contributed by atoms with Gasteiger partial charge in [-0.05, 0) is 41.9 Å². The highest BCUT2D eigenvalue weighted by atomic mass is 14.6. The van der Waals surface area contributed by atoms with Gasteiger partial charge < -0.3 is 0 Å². The van der Waals surface area contributed by atoms with Gasteiger partial charge in [0.15, 0.2) is 0 Å². The molecule has 2 radical (unpaired) electrons. The van der Waals surface area contributed by atoms with Crippen LogP contribution >= 0.6 is 0 Å². The first kappa shape index (κ1) is 11.2. The fraction of sp³-hybridized carbons (Fsp3) is 1.00. The van der Waals surface area contributed by atoms with Crippen molar-refractivity contribution in [2.45, 2.75) is 64.6 Å². The van der Waals surface area contributed by atoms with E-state index >= 15 is 0 Å². The molecule has 3 saturated carbocycles. The zero-order chi connectivity index (χ0) is 11.3. The van der Waals surface area contributed by atoms with Gasteiger partial charge in [-0.3, -0.25) is 0 Å². The van der Waals surface area contributed by atoms with Crippen molar-refractivity contribution < 1.29 is 0 Å². The average Bonchev–Trinajstić information content (AvgIpc) is 2.49. The molecule has 0 bridgehead atoms. The molecule has 3 rings (SSSR count). The first-order valence-corrected chi connectivity index (χ1v) is 7.36. The molecule has 0 nitrogen and oxygen atoms in total. The van der Waals surface area contributed by atoms with Gasteiger partial charge in [-0.25, -0.2) is 0 Å². The minimum absolute atomic E-state index is 0.501. The van der Waals surface area contributed by atoms with Crippen molar-refractivity contribution in [1.82, 2.24) is 0 Å². The van der Waals surface area contributed by atoms with Crippen LogP contribution in [0.3, 0.4) is 0 Å². The van der Waals surface area contributed by atoms with Gasteiger partial charge in [0.05, 0.1) is 7.85 Å². The maximum Gasteiger partial charge on any atom is 0.0699 e. The minimum atomic E-state index is 0.501. The zero-order valence-electron chi connectivity index (χ0n) is 10.9. The molecule has 5 atom stereocenters. The Morgan fingerprint density at radius 2 is 1.56 bits per heavy atom. The minimum Gasteiger partial charge on any atom is -0.0771 e. The SMILES string of the molecule is [B]C1CCC2C3CCCCC3C(C)(C)C2C1. The van der Waals surface area contributed by atoms with Crippen LogP contribution in [0.15, 0.2) is 0 Å². The van der Waals surface area contributed by atoms with Crippen molar-refractivity contribution in [2.75, 3.05) is 0 Å². The summed E-state index contributed by atoms with van der Waals surface area (Å²) in [5, 5.41) is 0. The van der Waals surface area contributed by atoms with Crippen LogP contribution in [0.1, 0.15) is 58.8 Å². The Balaban J connectivity index is 1.89. The Labute approximate surface area is 102 Å². The Morgan fingerprint density at radius 1 is 0.875 bits per heavy atom. The third-order valence-corrected chi connectivity index (χ3v) is 6.22. The van der Waals surface area contributed by atoms with Gasteiger partial charge in [0, 0.05) is 0 Å². The van der Waals surface area contributed by atoms with E-state index in [0.717, 1.165) is 23.7 Å². The smallest absolute Gasteiger partial charge is 0.0699 e. The summed E-state index contributed by atoms with van der Waals surface area (Å²) in [7, 11) is 6.20. The van der Waals surface area contributed by atoms with E-state index in [1.54, 1.807) is 0 Å². The molecule has 0 amide bonds.